The number of nitrogens with one attached hydrogen (secondary N) is 1. The monoisotopic (exact) mass is 374 g/mol. The number of anilines is 1. The number of aromatic nitrogens is 1. The highest BCUT2D eigenvalue weighted by atomic mass is 16.5. The molecule has 0 bridgehead atoms. The van der Waals surface area contributed by atoms with Crippen LogP contribution in [0.5, 0.6) is 5.75 Å². The number of hydrogen-bond donors (Lipinski definition) is 1. The van der Waals surface area contributed by atoms with Crippen molar-refractivity contribution in [3.8, 4) is 16.9 Å². The van der Waals surface area contributed by atoms with Crippen molar-refractivity contribution in [3.05, 3.63) is 82.8 Å². The van der Waals surface area contributed by atoms with Crippen LogP contribution in [0.2, 0.25) is 0 Å². The summed E-state index contributed by atoms with van der Waals surface area (Å²) in [6, 6.07) is 20.4. The Morgan fingerprint density at radius 1 is 1.00 bits per heavy atom. The van der Waals surface area contributed by atoms with Crippen molar-refractivity contribution in [1.29, 1.82) is 0 Å². The molecule has 6 nitrogen and oxygen atoms in total. The van der Waals surface area contributed by atoms with E-state index in [9.17, 15) is 9.59 Å². The second-order valence-electron chi connectivity index (χ2n) is 6.34. The number of hydrogen-bond acceptors (Lipinski definition) is 4. The molecule has 1 heterocycles. The first-order chi connectivity index (χ1) is 13.6. The van der Waals surface area contributed by atoms with Gasteiger partial charge in [-0.2, -0.15) is 0 Å². The van der Waals surface area contributed by atoms with Crippen LogP contribution in [0, 0.1) is 0 Å². The van der Waals surface area contributed by atoms with Gasteiger partial charge in [-0.05, 0) is 35.4 Å². The summed E-state index contributed by atoms with van der Waals surface area (Å²) in [5.74, 6) is -0.285. The average Bonchev–Trinajstić information content (AvgIpc) is 3.01. The summed E-state index contributed by atoms with van der Waals surface area (Å²) in [6.45, 7) is 0. The minimum absolute atomic E-state index is 0.313. The highest BCUT2D eigenvalue weighted by molar-refractivity contribution is 6.07. The van der Waals surface area contributed by atoms with Crippen molar-refractivity contribution in [2.45, 2.75) is 0 Å². The molecule has 3 aromatic carbocycles. The number of carbonyl (C=O) groups excluding carboxylic acids is 1. The maximum Gasteiger partial charge on any atom is 0.419 e. The van der Waals surface area contributed by atoms with Crippen LogP contribution in [0.25, 0.3) is 22.2 Å². The molecule has 0 atom stereocenters. The Morgan fingerprint density at radius 3 is 2.54 bits per heavy atom. The molecule has 0 spiro atoms. The Bertz CT molecular complexity index is 1220. The van der Waals surface area contributed by atoms with Gasteiger partial charge < -0.3 is 14.5 Å². The van der Waals surface area contributed by atoms with Crippen LogP contribution in [0.15, 0.2) is 75.9 Å². The third-order valence-electron chi connectivity index (χ3n) is 4.60. The Kier molecular flexibility index (Phi) is 4.45. The first-order valence-corrected chi connectivity index (χ1v) is 8.71. The number of carbonyl (C=O) groups is 1. The Morgan fingerprint density at radius 2 is 1.79 bits per heavy atom. The van der Waals surface area contributed by atoms with E-state index < -0.39 is 5.76 Å². The van der Waals surface area contributed by atoms with Crippen molar-refractivity contribution in [3.63, 3.8) is 0 Å². The summed E-state index contributed by atoms with van der Waals surface area (Å²) in [4.78, 5) is 24.5. The Labute approximate surface area is 161 Å². The molecular formula is C22H18N2O4. The topological polar surface area (TPSA) is 73.5 Å². The van der Waals surface area contributed by atoms with Crippen molar-refractivity contribution in [2.24, 2.45) is 7.05 Å². The van der Waals surface area contributed by atoms with Gasteiger partial charge in [-0.1, -0.05) is 36.4 Å². The van der Waals surface area contributed by atoms with Crippen LogP contribution in [0.3, 0.4) is 0 Å². The van der Waals surface area contributed by atoms with Gasteiger partial charge in [0.1, 0.15) is 5.75 Å². The minimum atomic E-state index is -0.448. The van der Waals surface area contributed by atoms with Gasteiger partial charge in [-0.25, -0.2) is 4.79 Å². The number of ether oxygens (including phenoxy) is 1. The zero-order valence-electron chi connectivity index (χ0n) is 15.4. The van der Waals surface area contributed by atoms with Crippen molar-refractivity contribution >= 4 is 22.7 Å². The maximum absolute atomic E-state index is 12.9. The molecule has 28 heavy (non-hydrogen) atoms. The summed E-state index contributed by atoms with van der Waals surface area (Å²) in [5, 5.41) is 2.84. The lowest BCUT2D eigenvalue weighted by Crippen LogP contribution is -2.13. The fourth-order valence-corrected chi connectivity index (χ4v) is 3.11. The Balaban J connectivity index is 1.68. The van der Waals surface area contributed by atoms with Gasteiger partial charge in [0.2, 0.25) is 0 Å². The van der Waals surface area contributed by atoms with Crippen LogP contribution in [0.1, 0.15) is 10.4 Å². The second kappa shape index (κ2) is 7.08. The van der Waals surface area contributed by atoms with Gasteiger partial charge in [-0.3, -0.25) is 9.36 Å². The van der Waals surface area contributed by atoms with E-state index in [4.69, 9.17) is 9.15 Å². The number of oxazole rings is 1. The summed E-state index contributed by atoms with van der Waals surface area (Å²) >= 11 is 0. The number of aryl methyl sites for hydroxylation is 1. The average molecular weight is 374 g/mol. The smallest absolute Gasteiger partial charge is 0.419 e. The molecule has 1 N–H and O–H groups in total. The van der Waals surface area contributed by atoms with Crippen LogP contribution in [-0.4, -0.2) is 17.6 Å². The molecule has 4 rings (SSSR count). The van der Waals surface area contributed by atoms with E-state index in [1.807, 2.05) is 36.4 Å². The normalized spacial score (nSPS) is 10.8. The van der Waals surface area contributed by atoms with Gasteiger partial charge in [0.25, 0.3) is 5.91 Å². The predicted molar refractivity (Wildman–Crippen MR) is 108 cm³/mol. The summed E-state index contributed by atoms with van der Waals surface area (Å²) < 4.78 is 12.0. The van der Waals surface area contributed by atoms with Crippen molar-refractivity contribution < 1.29 is 13.9 Å². The third-order valence-corrected chi connectivity index (χ3v) is 4.60. The zero-order chi connectivity index (χ0) is 19.7. The van der Waals surface area contributed by atoms with Crippen molar-refractivity contribution in [1.82, 2.24) is 4.57 Å². The quantitative estimate of drug-likeness (QED) is 0.585. The molecule has 0 aliphatic carbocycles. The molecule has 0 radical (unpaired) electrons. The Hall–Kier alpha value is -3.80. The molecule has 6 heteroatoms. The summed E-state index contributed by atoms with van der Waals surface area (Å²) in [5.41, 5.74) is 3.93. The molecular weight excluding hydrogens is 356 g/mol. The first kappa shape index (κ1) is 17.6. The van der Waals surface area contributed by atoms with E-state index in [1.54, 1.807) is 37.4 Å². The highest BCUT2D eigenvalue weighted by Gasteiger charge is 2.15. The van der Waals surface area contributed by atoms with Crippen LogP contribution in [-0.2, 0) is 7.05 Å². The second-order valence-corrected chi connectivity index (χ2v) is 6.34. The first-order valence-electron chi connectivity index (χ1n) is 8.71. The SMILES string of the molecule is COc1ccc(-c2ccccc2)cc1C(=O)Nc1ccc2c(c1)oc(=O)n2C. The van der Waals surface area contributed by atoms with Crippen LogP contribution in [0.4, 0.5) is 5.69 Å². The van der Waals surface area contributed by atoms with Gasteiger partial charge in [-0.15, -0.1) is 0 Å². The molecule has 4 aromatic rings. The molecule has 140 valence electrons. The molecule has 0 aliphatic rings. The molecule has 0 saturated heterocycles. The number of fused-ring (bicyclic) bond motifs is 1. The third kappa shape index (κ3) is 3.16. The lowest BCUT2D eigenvalue weighted by molar-refractivity contribution is 0.102. The molecule has 1 amide bonds. The molecule has 0 saturated carbocycles. The van der Waals surface area contributed by atoms with E-state index in [2.05, 4.69) is 5.32 Å². The van der Waals surface area contributed by atoms with E-state index in [1.165, 1.54) is 11.7 Å². The predicted octanol–water partition coefficient (Wildman–Crippen LogP) is 4.06. The number of amides is 1. The van der Waals surface area contributed by atoms with E-state index >= 15 is 0 Å². The number of methoxy groups -OCH3 is 1. The lowest BCUT2D eigenvalue weighted by Gasteiger charge is -2.11. The minimum Gasteiger partial charge on any atom is -0.496 e. The van der Waals surface area contributed by atoms with Gasteiger partial charge in [0.05, 0.1) is 18.2 Å². The molecule has 0 fully saturated rings. The number of nitrogens with zero attached hydrogens (tertiary/aromatic N) is 1. The lowest BCUT2D eigenvalue weighted by atomic mass is 10.0. The number of benzene rings is 3. The summed E-state index contributed by atoms with van der Waals surface area (Å²) in [6.07, 6.45) is 0. The van der Waals surface area contributed by atoms with Crippen LogP contribution >= 0.6 is 0 Å². The maximum atomic E-state index is 12.9. The molecule has 0 unspecified atom stereocenters. The molecule has 0 aliphatic heterocycles. The van der Waals surface area contributed by atoms with Crippen LogP contribution < -0.4 is 15.8 Å². The van der Waals surface area contributed by atoms with Gasteiger partial charge in [0.15, 0.2) is 5.58 Å². The van der Waals surface area contributed by atoms with E-state index in [-0.39, 0.29) is 5.91 Å². The standard InChI is InChI=1S/C22H18N2O4/c1-24-18-10-9-16(13-20(18)28-22(24)26)23-21(25)17-12-15(8-11-19(17)27-2)14-6-4-3-5-7-14/h3-13H,1-2H3,(H,23,25). The largest absolute Gasteiger partial charge is 0.496 e. The van der Waals surface area contributed by atoms with Gasteiger partial charge >= 0.3 is 5.76 Å². The summed E-state index contributed by atoms with van der Waals surface area (Å²) in [7, 11) is 3.16. The fourth-order valence-electron chi connectivity index (χ4n) is 3.11. The van der Waals surface area contributed by atoms with E-state index in [0.717, 1.165) is 11.1 Å². The number of rotatable bonds is 4. The van der Waals surface area contributed by atoms with Gasteiger partial charge in [0, 0.05) is 18.8 Å². The highest BCUT2D eigenvalue weighted by Crippen LogP contribution is 2.28. The fraction of sp³-hybridized carbons (Fsp3) is 0.0909. The van der Waals surface area contributed by atoms with Crippen molar-refractivity contribution in [2.75, 3.05) is 12.4 Å². The molecule has 1 aromatic heterocycles. The zero-order valence-corrected chi connectivity index (χ0v) is 15.4. The van der Waals surface area contributed by atoms with E-state index in [0.29, 0.717) is 28.1 Å².